The average molecular weight is 372 g/mol. The fraction of sp³-hybridized carbons (Fsp3) is 0.0833. The molecule has 0 fully saturated rings. The third kappa shape index (κ3) is 3.53. The standard InChI is InChI=1S/C12H8BrClN4O3/c1-6-2-11(16-4-8(6)13)17-12(19)7-3-10(14)15-5-9(7)18(20)21/h2-5H,1H3,(H,16,17,19). The zero-order chi connectivity index (χ0) is 15.6. The minimum Gasteiger partial charge on any atom is -0.306 e. The molecule has 0 spiro atoms. The van der Waals surface area contributed by atoms with Crippen molar-refractivity contribution in [3.8, 4) is 0 Å². The summed E-state index contributed by atoms with van der Waals surface area (Å²) in [5.41, 5.74) is 0.260. The highest BCUT2D eigenvalue weighted by molar-refractivity contribution is 9.10. The molecule has 0 saturated heterocycles. The molecule has 0 radical (unpaired) electrons. The van der Waals surface area contributed by atoms with Crippen LogP contribution in [0.2, 0.25) is 5.15 Å². The summed E-state index contributed by atoms with van der Waals surface area (Å²) in [5.74, 6) is -0.400. The number of nitrogens with zero attached hydrogens (tertiary/aromatic N) is 3. The first kappa shape index (κ1) is 15.3. The van der Waals surface area contributed by atoms with Gasteiger partial charge in [0.05, 0.1) is 4.92 Å². The number of carbonyl (C=O) groups excluding carboxylic acids is 1. The van der Waals surface area contributed by atoms with Crippen molar-refractivity contribution in [2.75, 3.05) is 5.32 Å². The molecule has 0 aliphatic carbocycles. The molecule has 0 saturated carbocycles. The Morgan fingerprint density at radius 3 is 2.71 bits per heavy atom. The number of carbonyl (C=O) groups is 1. The van der Waals surface area contributed by atoms with Crippen LogP contribution in [0.5, 0.6) is 0 Å². The Bertz CT molecular complexity index is 738. The van der Waals surface area contributed by atoms with Gasteiger partial charge in [-0.15, -0.1) is 0 Å². The van der Waals surface area contributed by atoms with Crippen LogP contribution in [0.15, 0.2) is 29.0 Å². The van der Waals surface area contributed by atoms with Gasteiger partial charge in [-0.05, 0) is 40.5 Å². The van der Waals surface area contributed by atoms with Gasteiger partial charge in [-0.3, -0.25) is 14.9 Å². The summed E-state index contributed by atoms with van der Waals surface area (Å²) in [5, 5.41) is 13.4. The van der Waals surface area contributed by atoms with Crippen LogP contribution in [0.25, 0.3) is 0 Å². The molecule has 0 aromatic carbocycles. The highest BCUT2D eigenvalue weighted by Crippen LogP contribution is 2.22. The monoisotopic (exact) mass is 370 g/mol. The van der Waals surface area contributed by atoms with Gasteiger partial charge in [-0.2, -0.15) is 0 Å². The maximum absolute atomic E-state index is 12.1. The van der Waals surface area contributed by atoms with Crippen LogP contribution in [-0.4, -0.2) is 20.8 Å². The van der Waals surface area contributed by atoms with Crippen molar-refractivity contribution in [3.05, 3.63) is 55.4 Å². The SMILES string of the molecule is Cc1cc(NC(=O)c2cc(Cl)ncc2[N+](=O)[O-])ncc1Br. The van der Waals surface area contributed by atoms with E-state index in [4.69, 9.17) is 11.6 Å². The maximum Gasteiger partial charge on any atom is 0.300 e. The van der Waals surface area contributed by atoms with E-state index in [-0.39, 0.29) is 16.5 Å². The largest absolute Gasteiger partial charge is 0.306 e. The number of amides is 1. The van der Waals surface area contributed by atoms with Crippen molar-refractivity contribution >= 4 is 44.9 Å². The molecule has 0 bridgehead atoms. The van der Waals surface area contributed by atoms with Crippen LogP contribution in [-0.2, 0) is 0 Å². The van der Waals surface area contributed by atoms with E-state index in [1.165, 1.54) is 6.20 Å². The van der Waals surface area contributed by atoms with Crippen molar-refractivity contribution in [1.82, 2.24) is 9.97 Å². The Morgan fingerprint density at radius 1 is 1.38 bits per heavy atom. The van der Waals surface area contributed by atoms with Gasteiger partial charge >= 0.3 is 0 Å². The smallest absolute Gasteiger partial charge is 0.300 e. The van der Waals surface area contributed by atoms with Crippen LogP contribution in [0.1, 0.15) is 15.9 Å². The fourth-order valence-corrected chi connectivity index (χ4v) is 1.92. The summed E-state index contributed by atoms with van der Waals surface area (Å²) in [4.78, 5) is 29.9. The second-order valence-electron chi connectivity index (χ2n) is 4.05. The molecule has 0 atom stereocenters. The van der Waals surface area contributed by atoms with Crippen LogP contribution >= 0.6 is 27.5 Å². The zero-order valence-electron chi connectivity index (χ0n) is 10.6. The van der Waals surface area contributed by atoms with Crippen molar-refractivity contribution in [3.63, 3.8) is 0 Å². The molecule has 2 aromatic heterocycles. The molecule has 0 aliphatic rings. The van der Waals surface area contributed by atoms with E-state index in [1.54, 1.807) is 6.07 Å². The summed E-state index contributed by atoms with van der Waals surface area (Å²) in [6.07, 6.45) is 2.47. The predicted molar refractivity (Wildman–Crippen MR) is 80.5 cm³/mol. The zero-order valence-corrected chi connectivity index (χ0v) is 13.0. The number of aryl methyl sites for hydroxylation is 1. The Kier molecular flexibility index (Phi) is 4.49. The van der Waals surface area contributed by atoms with Crippen molar-refractivity contribution in [1.29, 1.82) is 0 Å². The molecule has 21 heavy (non-hydrogen) atoms. The topological polar surface area (TPSA) is 98.0 Å². The van der Waals surface area contributed by atoms with Crippen LogP contribution in [0, 0.1) is 17.0 Å². The normalized spacial score (nSPS) is 10.2. The number of hydrogen-bond donors (Lipinski definition) is 1. The van der Waals surface area contributed by atoms with Crippen LogP contribution in [0.3, 0.4) is 0 Å². The molecule has 9 heteroatoms. The third-order valence-electron chi connectivity index (χ3n) is 2.58. The van der Waals surface area contributed by atoms with Crippen LogP contribution in [0.4, 0.5) is 11.5 Å². The summed E-state index contributed by atoms with van der Waals surface area (Å²) in [6.45, 7) is 1.83. The first-order chi connectivity index (χ1) is 9.88. The second-order valence-corrected chi connectivity index (χ2v) is 5.30. The van der Waals surface area contributed by atoms with Crippen molar-refractivity contribution in [2.24, 2.45) is 0 Å². The van der Waals surface area contributed by atoms with Crippen molar-refractivity contribution in [2.45, 2.75) is 6.92 Å². The number of halogens is 2. The number of aromatic nitrogens is 2. The van der Waals surface area contributed by atoms with E-state index < -0.39 is 16.5 Å². The maximum atomic E-state index is 12.1. The van der Waals surface area contributed by atoms with Gasteiger partial charge in [-0.1, -0.05) is 11.6 Å². The quantitative estimate of drug-likeness (QED) is 0.507. The van der Waals surface area contributed by atoms with E-state index in [9.17, 15) is 14.9 Å². The number of rotatable bonds is 3. The molecular weight excluding hydrogens is 364 g/mol. The lowest BCUT2D eigenvalue weighted by atomic mass is 10.2. The predicted octanol–water partition coefficient (Wildman–Crippen LogP) is 3.36. The lowest BCUT2D eigenvalue weighted by Gasteiger charge is -2.06. The number of nitro groups is 1. The van der Waals surface area contributed by atoms with E-state index in [2.05, 4.69) is 31.2 Å². The van der Waals surface area contributed by atoms with Gasteiger partial charge in [-0.25, -0.2) is 9.97 Å². The van der Waals surface area contributed by atoms with E-state index >= 15 is 0 Å². The Hall–Kier alpha value is -2.06. The highest BCUT2D eigenvalue weighted by atomic mass is 79.9. The summed E-state index contributed by atoms with van der Waals surface area (Å²) in [7, 11) is 0. The molecule has 1 N–H and O–H groups in total. The molecule has 0 aliphatic heterocycles. The number of anilines is 1. The molecule has 2 heterocycles. The van der Waals surface area contributed by atoms with E-state index in [0.717, 1.165) is 22.3 Å². The summed E-state index contributed by atoms with van der Waals surface area (Å²) < 4.78 is 0.790. The van der Waals surface area contributed by atoms with Gasteiger partial charge in [0, 0.05) is 10.7 Å². The van der Waals surface area contributed by atoms with Crippen molar-refractivity contribution < 1.29 is 9.72 Å². The van der Waals surface area contributed by atoms with Gasteiger partial charge in [0.2, 0.25) is 0 Å². The minimum atomic E-state index is -0.696. The van der Waals surface area contributed by atoms with E-state index in [0.29, 0.717) is 0 Å². The van der Waals surface area contributed by atoms with E-state index in [1.807, 2.05) is 6.92 Å². The summed E-state index contributed by atoms with van der Waals surface area (Å²) >= 11 is 8.97. The van der Waals surface area contributed by atoms with Gasteiger partial charge in [0.15, 0.2) is 0 Å². The number of pyridine rings is 2. The fourth-order valence-electron chi connectivity index (χ4n) is 1.54. The van der Waals surface area contributed by atoms with Gasteiger partial charge in [0.1, 0.15) is 22.7 Å². The highest BCUT2D eigenvalue weighted by Gasteiger charge is 2.21. The minimum absolute atomic E-state index is 0.00861. The molecule has 1 amide bonds. The first-order valence-electron chi connectivity index (χ1n) is 5.62. The molecule has 7 nitrogen and oxygen atoms in total. The molecule has 0 unspecified atom stereocenters. The molecule has 2 aromatic rings. The Balaban J connectivity index is 2.34. The summed E-state index contributed by atoms with van der Waals surface area (Å²) in [6, 6.07) is 2.78. The first-order valence-corrected chi connectivity index (χ1v) is 6.79. The third-order valence-corrected chi connectivity index (χ3v) is 3.62. The number of nitrogens with one attached hydrogen (secondary N) is 1. The van der Waals surface area contributed by atoms with Crippen LogP contribution < -0.4 is 5.32 Å². The average Bonchev–Trinajstić information content (AvgIpc) is 2.42. The molecule has 108 valence electrons. The second kappa shape index (κ2) is 6.15. The lowest BCUT2D eigenvalue weighted by molar-refractivity contribution is -0.385. The molecular formula is C12H8BrClN4O3. The molecule has 2 rings (SSSR count). The Labute approximate surface area is 132 Å². The van der Waals surface area contributed by atoms with Gasteiger partial charge in [0.25, 0.3) is 11.6 Å². The Morgan fingerprint density at radius 2 is 2.10 bits per heavy atom. The lowest BCUT2D eigenvalue weighted by Crippen LogP contribution is -2.15. The number of hydrogen-bond acceptors (Lipinski definition) is 5. The van der Waals surface area contributed by atoms with Gasteiger partial charge < -0.3 is 5.32 Å².